The van der Waals surface area contributed by atoms with E-state index in [1.807, 2.05) is 64.4 Å². The Morgan fingerprint density at radius 2 is 1.71 bits per heavy atom. The average molecular weight is 623 g/mol. The third kappa shape index (κ3) is 4.98. The molecule has 2 aliphatic rings. The number of para-hydroxylation sites is 1. The van der Waals surface area contributed by atoms with Gasteiger partial charge in [-0.2, -0.15) is 9.97 Å². The Hall–Kier alpha value is -5.16. The topological polar surface area (TPSA) is 123 Å². The minimum Gasteiger partial charge on any atom is -0.497 e. The molecule has 1 saturated heterocycles. The summed E-state index contributed by atoms with van der Waals surface area (Å²) in [6.07, 6.45) is 1.48. The quantitative estimate of drug-likeness (QED) is 0.284. The molecular weight excluding hydrogens is 592 g/mol. The zero-order valence-electron chi connectivity index (χ0n) is 24.9. The molecule has 0 radical (unpaired) electrons. The number of nitrogens with two attached hydrogens (primary N) is 1. The largest absolute Gasteiger partial charge is 0.497 e. The van der Waals surface area contributed by atoms with E-state index in [1.165, 1.54) is 0 Å². The van der Waals surface area contributed by atoms with Crippen LogP contribution in [-0.4, -0.2) is 57.7 Å². The van der Waals surface area contributed by atoms with Crippen LogP contribution in [-0.2, 0) is 6.54 Å². The molecule has 45 heavy (non-hydrogen) atoms. The highest BCUT2D eigenvalue weighted by molar-refractivity contribution is 6.35. The van der Waals surface area contributed by atoms with Crippen molar-refractivity contribution in [3.63, 3.8) is 0 Å². The smallest absolute Gasteiger partial charge is 0.267 e. The van der Waals surface area contributed by atoms with Crippen molar-refractivity contribution < 1.29 is 9.53 Å². The van der Waals surface area contributed by atoms with Gasteiger partial charge in [-0.3, -0.25) is 14.2 Å². The van der Waals surface area contributed by atoms with Crippen LogP contribution < -0.4 is 25.8 Å². The number of hydrogen-bond acceptors (Lipinski definition) is 9. The molecule has 4 heterocycles. The Kier molecular flexibility index (Phi) is 7.25. The van der Waals surface area contributed by atoms with Gasteiger partial charge in [0.05, 0.1) is 41.4 Å². The number of hydrogen-bond donors (Lipinski definition) is 1. The van der Waals surface area contributed by atoms with E-state index in [4.69, 9.17) is 27.1 Å². The van der Waals surface area contributed by atoms with Crippen molar-refractivity contribution in [2.24, 2.45) is 0 Å². The van der Waals surface area contributed by atoms with Gasteiger partial charge in [-0.15, -0.1) is 0 Å². The first-order valence-corrected chi connectivity index (χ1v) is 15.1. The summed E-state index contributed by atoms with van der Waals surface area (Å²) in [6, 6.07) is 22.1. The molecule has 2 aromatic heterocycles. The summed E-state index contributed by atoms with van der Waals surface area (Å²) in [6.45, 7) is 1.41. The Morgan fingerprint density at radius 1 is 0.956 bits per heavy atom. The fourth-order valence-corrected chi connectivity index (χ4v) is 6.53. The SMILES string of the molecule is COc1ccc(CN2CN(C)C(=O)c3c2nc(N)nc3N2CCCC2c2nc3cccc(Cl)c3c(=O)n2-c2ccccc2)cc1. The Bertz CT molecular complexity index is 1980. The van der Waals surface area contributed by atoms with Gasteiger partial charge in [0.2, 0.25) is 5.95 Å². The Labute approximate surface area is 264 Å². The van der Waals surface area contributed by atoms with E-state index in [-0.39, 0.29) is 23.5 Å². The first-order chi connectivity index (χ1) is 21.8. The van der Waals surface area contributed by atoms with Gasteiger partial charge in [-0.1, -0.05) is 48.0 Å². The molecule has 7 rings (SSSR count). The van der Waals surface area contributed by atoms with Crippen molar-refractivity contribution >= 4 is 46.0 Å². The van der Waals surface area contributed by atoms with E-state index < -0.39 is 0 Å². The molecule has 0 saturated carbocycles. The number of carbonyl (C=O) groups is 1. The molecule has 1 atom stereocenters. The Balaban J connectivity index is 1.37. The fourth-order valence-electron chi connectivity index (χ4n) is 6.28. The third-order valence-corrected chi connectivity index (χ3v) is 8.69. The lowest BCUT2D eigenvalue weighted by Gasteiger charge is -2.38. The van der Waals surface area contributed by atoms with Crippen molar-refractivity contribution in [3.8, 4) is 11.4 Å². The van der Waals surface area contributed by atoms with Crippen LogP contribution in [0.25, 0.3) is 16.6 Å². The zero-order valence-corrected chi connectivity index (χ0v) is 25.6. The lowest BCUT2D eigenvalue weighted by atomic mass is 10.1. The van der Waals surface area contributed by atoms with Gasteiger partial charge in [0.1, 0.15) is 23.0 Å². The molecule has 1 unspecified atom stereocenters. The second kappa shape index (κ2) is 11.4. The molecule has 0 aliphatic carbocycles. The van der Waals surface area contributed by atoms with E-state index in [9.17, 15) is 9.59 Å². The average Bonchev–Trinajstić information content (AvgIpc) is 3.54. The molecule has 0 bridgehead atoms. The number of benzene rings is 3. The number of ether oxygens (including phenoxy) is 1. The highest BCUT2D eigenvalue weighted by atomic mass is 35.5. The second-order valence-corrected chi connectivity index (χ2v) is 11.6. The van der Waals surface area contributed by atoms with E-state index in [1.54, 1.807) is 41.8 Å². The van der Waals surface area contributed by atoms with Crippen LogP contribution in [0.15, 0.2) is 77.6 Å². The van der Waals surface area contributed by atoms with E-state index in [0.717, 1.165) is 17.7 Å². The second-order valence-electron chi connectivity index (χ2n) is 11.2. The maximum atomic E-state index is 14.1. The molecule has 2 aliphatic heterocycles. The predicted molar refractivity (Wildman–Crippen MR) is 174 cm³/mol. The lowest BCUT2D eigenvalue weighted by molar-refractivity contribution is 0.0780. The van der Waals surface area contributed by atoms with Gasteiger partial charge >= 0.3 is 0 Å². The molecule has 5 aromatic rings. The van der Waals surface area contributed by atoms with Gasteiger partial charge in [-0.25, -0.2) is 4.98 Å². The number of amides is 1. The minimum absolute atomic E-state index is 0.0604. The van der Waals surface area contributed by atoms with E-state index in [0.29, 0.717) is 70.8 Å². The number of nitrogens with zero attached hydrogens (tertiary/aromatic N) is 7. The molecule has 1 amide bonds. The van der Waals surface area contributed by atoms with Crippen molar-refractivity contribution in [1.82, 2.24) is 24.4 Å². The summed E-state index contributed by atoms with van der Waals surface area (Å²) in [5, 5.41) is 0.693. The number of rotatable bonds is 6. The molecule has 228 valence electrons. The predicted octanol–water partition coefficient (Wildman–Crippen LogP) is 4.81. The van der Waals surface area contributed by atoms with Crippen LogP contribution in [0.3, 0.4) is 0 Å². The number of anilines is 3. The van der Waals surface area contributed by atoms with Crippen molar-refractivity contribution in [3.05, 3.63) is 105 Å². The lowest BCUT2D eigenvalue weighted by Crippen LogP contribution is -2.46. The Morgan fingerprint density at radius 3 is 2.47 bits per heavy atom. The first kappa shape index (κ1) is 28.6. The molecular formula is C33H31ClN8O3. The number of fused-ring (bicyclic) bond motifs is 2. The zero-order chi connectivity index (χ0) is 31.2. The van der Waals surface area contributed by atoms with Crippen molar-refractivity contribution in [1.29, 1.82) is 0 Å². The summed E-state index contributed by atoms with van der Waals surface area (Å²) in [4.78, 5) is 47.9. The third-order valence-electron chi connectivity index (χ3n) is 8.37. The normalized spacial score (nSPS) is 16.4. The number of methoxy groups -OCH3 is 1. The van der Waals surface area contributed by atoms with Gasteiger partial charge < -0.3 is 25.2 Å². The van der Waals surface area contributed by atoms with E-state index >= 15 is 0 Å². The van der Waals surface area contributed by atoms with Crippen molar-refractivity contribution in [2.45, 2.75) is 25.4 Å². The summed E-state index contributed by atoms with van der Waals surface area (Å²) in [7, 11) is 3.39. The van der Waals surface area contributed by atoms with Crippen LogP contribution in [0.4, 0.5) is 17.6 Å². The van der Waals surface area contributed by atoms with Gasteiger partial charge in [-0.05, 0) is 54.8 Å². The van der Waals surface area contributed by atoms with Crippen LogP contribution in [0, 0.1) is 0 Å². The van der Waals surface area contributed by atoms with Gasteiger partial charge in [0.15, 0.2) is 5.82 Å². The van der Waals surface area contributed by atoms with Gasteiger partial charge in [0.25, 0.3) is 11.5 Å². The number of nitrogen functional groups attached to an aromatic ring is 1. The highest BCUT2D eigenvalue weighted by Crippen LogP contribution is 2.41. The molecule has 0 spiro atoms. The van der Waals surface area contributed by atoms with Crippen molar-refractivity contribution in [2.75, 3.05) is 42.9 Å². The molecule has 11 nitrogen and oxygen atoms in total. The standard InChI is InChI=1S/C33H31ClN8O3/c1-39-19-40(18-20-13-15-22(45-2)16-14-20)29-27(31(39)43)30(38-33(35)37-29)41-17-7-12-25(41)28-36-24-11-6-10-23(34)26(24)32(44)42(28)21-8-4-3-5-9-21/h3-6,8-11,13-16,25H,7,12,17-19H2,1-2H3,(H2,35,37,38). The summed E-state index contributed by atoms with van der Waals surface area (Å²) in [5.41, 5.74) is 8.65. The number of carbonyl (C=O) groups excluding carboxylic acids is 1. The minimum atomic E-state index is -0.380. The van der Waals surface area contributed by atoms with E-state index in [2.05, 4.69) is 9.97 Å². The van der Waals surface area contributed by atoms with Gasteiger partial charge in [0, 0.05) is 20.1 Å². The van der Waals surface area contributed by atoms with Crippen LogP contribution in [0.5, 0.6) is 5.75 Å². The maximum absolute atomic E-state index is 14.1. The summed E-state index contributed by atoms with van der Waals surface area (Å²) < 4.78 is 6.94. The monoisotopic (exact) mass is 622 g/mol. The molecule has 3 aromatic carbocycles. The summed E-state index contributed by atoms with van der Waals surface area (Å²) in [5.74, 6) is 2.06. The molecule has 1 fully saturated rings. The fraction of sp³-hybridized carbons (Fsp3) is 0.242. The molecule has 2 N–H and O–H groups in total. The first-order valence-electron chi connectivity index (χ1n) is 14.7. The highest BCUT2D eigenvalue weighted by Gasteiger charge is 2.39. The van der Waals surface area contributed by atoms with Crippen LogP contribution >= 0.6 is 11.6 Å². The maximum Gasteiger partial charge on any atom is 0.267 e. The summed E-state index contributed by atoms with van der Waals surface area (Å²) >= 11 is 6.52. The van der Waals surface area contributed by atoms with Crippen LogP contribution in [0.1, 0.15) is 40.6 Å². The number of halogens is 1. The number of aromatic nitrogens is 4. The molecule has 12 heteroatoms. The van der Waals surface area contributed by atoms with Crippen LogP contribution in [0.2, 0.25) is 5.02 Å².